The van der Waals surface area contributed by atoms with E-state index in [1.807, 2.05) is 20.8 Å². The van der Waals surface area contributed by atoms with Gasteiger partial charge in [0, 0.05) is 25.6 Å². The van der Waals surface area contributed by atoms with E-state index in [4.69, 9.17) is 9.84 Å². The first kappa shape index (κ1) is 15.2. The van der Waals surface area contributed by atoms with E-state index in [1.165, 1.54) is 0 Å². The third-order valence-corrected chi connectivity index (χ3v) is 3.08. The smallest absolute Gasteiger partial charge is 0.410 e. The van der Waals surface area contributed by atoms with Crippen molar-refractivity contribution in [1.29, 1.82) is 0 Å². The minimum atomic E-state index is -0.541. The van der Waals surface area contributed by atoms with Crippen molar-refractivity contribution in [1.82, 2.24) is 4.90 Å². The van der Waals surface area contributed by atoms with Crippen molar-refractivity contribution >= 4 is 6.09 Å². The van der Waals surface area contributed by atoms with E-state index in [-0.39, 0.29) is 18.6 Å². The normalized spacial score (nSPS) is 22.7. The van der Waals surface area contributed by atoms with Crippen LogP contribution in [0.2, 0.25) is 0 Å². The summed E-state index contributed by atoms with van der Waals surface area (Å²) in [6.45, 7) is 6.68. The van der Waals surface area contributed by atoms with E-state index in [1.54, 1.807) is 4.90 Å². The van der Waals surface area contributed by atoms with Crippen LogP contribution >= 0.6 is 0 Å². The lowest BCUT2D eigenvalue weighted by Gasteiger charge is -2.35. The molecule has 1 rings (SSSR count). The van der Waals surface area contributed by atoms with Crippen molar-refractivity contribution in [2.75, 3.05) is 19.7 Å². The predicted octanol–water partition coefficient (Wildman–Crippen LogP) is 1.38. The lowest BCUT2D eigenvalue weighted by atomic mass is 9.91. The molecule has 0 spiro atoms. The molecule has 0 aromatic carbocycles. The van der Waals surface area contributed by atoms with Gasteiger partial charge in [0.2, 0.25) is 0 Å². The summed E-state index contributed by atoms with van der Waals surface area (Å²) in [6, 6.07) is 0. The van der Waals surface area contributed by atoms with E-state index >= 15 is 0 Å². The van der Waals surface area contributed by atoms with Crippen LogP contribution in [0.25, 0.3) is 0 Å². The van der Waals surface area contributed by atoms with Crippen molar-refractivity contribution in [3.63, 3.8) is 0 Å². The molecule has 1 aliphatic heterocycles. The topological polar surface area (TPSA) is 70.0 Å². The van der Waals surface area contributed by atoms with Crippen LogP contribution in [0.1, 0.15) is 40.0 Å². The molecule has 2 unspecified atom stereocenters. The summed E-state index contributed by atoms with van der Waals surface area (Å²) >= 11 is 0. The quantitative estimate of drug-likeness (QED) is 0.803. The van der Waals surface area contributed by atoms with E-state index in [9.17, 15) is 9.90 Å². The zero-order valence-corrected chi connectivity index (χ0v) is 11.6. The number of amides is 1. The molecule has 106 valence electrons. The van der Waals surface area contributed by atoms with Gasteiger partial charge in [0.15, 0.2) is 0 Å². The molecule has 0 aromatic rings. The monoisotopic (exact) mass is 259 g/mol. The van der Waals surface area contributed by atoms with Gasteiger partial charge in [0.1, 0.15) is 5.60 Å². The maximum atomic E-state index is 11.9. The molecule has 2 atom stereocenters. The summed E-state index contributed by atoms with van der Waals surface area (Å²) in [4.78, 5) is 13.6. The Kier molecular flexibility index (Phi) is 5.41. The number of aliphatic hydroxyl groups is 2. The van der Waals surface area contributed by atoms with Crippen molar-refractivity contribution in [3.8, 4) is 0 Å². The van der Waals surface area contributed by atoms with Crippen LogP contribution in [0.5, 0.6) is 0 Å². The lowest BCUT2D eigenvalue weighted by molar-refractivity contribution is -0.000884. The number of carbonyl (C=O) groups is 1. The van der Waals surface area contributed by atoms with Gasteiger partial charge in [0.05, 0.1) is 6.10 Å². The van der Waals surface area contributed by atoms with Crippen molar-refractivity contribution < 1.29 is 19.7 Å². The number of likely N-dealkylation sites (tertiary alicyclic amines) is 1. The third-order valence-electron chi connectivity index (χ3n) is 3.08. The summed E-state index contributed by atoms with van der Waals surface area (Å²) in [5.74, 6) is 0.0402. The molecule has 1 heterocycles. The molecule has 0 saturated carbocycles. The Morgan fingerprint density at radius 1 is 1.50 bits per heavy atom. The van der Waals surface area contributed by atoms with Crippen LogP contribution in [0.4, 0.5) is 4.79 Å². The summed E-state index contributed by atoms with van der Waals surface area (Å²) in [7, 11) is 0. The molecule has 2 N–H and O–H groups in total. The highest BCUT2D eigenvalue weighted by Crippen LogP contribution is 2.23. The highest BCUT2D eigenvalue weighted by Gasteiger charge is 2.30. The number of piperidine rings is 1. The number of hydrogen-bond acceptors (Lipinski definition) is 4. The summed E-state index contributed by atoms with van der Waals surface area (Å²) in [5.41, 5.74) is -0.492. The largest absolute Gasteiger partial charge is 0.444 e. The molecule has 0 aromatic heterocycles. The molecule has 5 heteroatoms. The standard InChI is InChI=1S/C13H25NO4/c1-13(2,3)18-12(17)14-7-4-5-10(9-14)11(16)6-8-15/h10-11,15-16H,4-9H2,1-3H3. The van der Waals surface area contributed by atoms with Crippen LogP contribution in [0, 0.1) is 5.92 Å². The van der Waals surface area contributed by atoms with Crippen molar-refractivity contribution in [2.45, 2.75) is 51.7 Å². The van der Waals surface area contributed by atoms with E-state index < -0.39 is 11.7 Å². The Labute approximate surface area is 109 Å². The van der Waals surface area contributed by atoms with Gasteiger partial charge < -0.3 is 19.8 Å². The Morgan fingerprint density at radius 3 is 2.72 bits per heavy atom. The molecule has 18 heavy (non-hydrogen) atoms. The number of rotatable bonds is 3. The molecule has 1 fully saturated rings. The van der Waals surface area contributed by atoms with Crippen LogP contribution < -0.4 is 0 Å². The van der Waals surface area contributed by atoms with Gasteiger partial charge in [-0.05, 0) is 40.0 Å². The number of nitrogens with zero attached hydrogens (tertiary/aromatic N) is 1. The van der Waals surface area contributed by atoms with Crippen molar-refractivity contribution in [2.24, 2.45) is 5.92 Å². The maximum absolute atomic E-state index is 11.9. The fourth-order valence-electron chi connectivity index (χ4n) is 2.18. The Morgan fingerprint density at radius 2 is 2.17 bits per heavy atom. The molecule has 1 aliphatic rings. The first-order valence-corrected chi connectivity index (χ1v) is 6.60. The van der Waals surface area contributed by atoms with E-state index in [0.717, 1.165) is 12.8 Å². The molecule has 1 saturated heterocycles. The van der Waals surface area contributed by atoms with Gasteiger partial charge in [-0.1, -0.05) is 0 Å². The van der Waals surface area contributed by atoms with Gasteiger partial charge >= 0.3 is 6.09 Å². The van der Waals surface area contributed by atoms with Gasteiger partial charge in [-0.2, -0.15) is 0 Å². The summed E-state index contributed by atoms with van der Waals surface area (Å²) < 4.78 is 5.32. The molecule has 0 radical (unpaired) electrons. The van der Waals surface area contributed by atoms with Gasteiger partial charge in [-0.25, -0.2) is 4.79 Å². The predicted molar refractivity (Wildman–Crippen MR) is 68.2 cm³/mol. The first-order chi connectivity index (χ1) is 8.33. The second-order valence-corrected chi connectivity index (χ2v) is 5.91. The van der Waals surface area contributed by atoms with Gasteiger partial charge in [0.25, 0.3) is 0 Å². The molecular formula is C13H25NO4. The van der Waals surface area contributed by atoms with Gasteiger partial charge in [-0.15, -0.1) is 0 Å². The van der Waals surface area contributed by atoms with Gasteiger partial charge in [-0.3, -0.25) is 0 Å². The highest BCUT2D eigenvalue weighted by molar-refractivity contribution is 5.68. The molecule has 0 bridgehead atoms. The number of aliphatic hydroxyl groups excluding tert-OH is 2. The average Bonchev–Trinajstić information content (AvgIpc) is 2.27. The molecule has 0 aliphatic carbocycles. The second-order valence-electron chi connectivity index (χ2n) is 5.91. The Hall–Kier alpha value is -0.810. The van der Waals surface area contributed by atoms with E-state index in [0.29, 0.717) is 19.5 Å². The zero-order chi connectivity index (χ0) is 13.8. The Balaban J connectivity index is 2.50. The Bertz CT molecular complexity index is 275. The number of hydrogen-bond donors (Lipinski definition) is 2. The second kappa shape index (κ2) is 6.38. The van der Waals surface area contributed by atoms with Crippen LogP contribution in [-0.4, -0.2) is 52.6 Å². The average molecular weight is 259 g/mol. The number of ether oxygens (including phenoxy) is 1. The van der Waals surface area contributed by atoms with Crippen LogP contribution in [-0.2, 0) is 4.74 Å². The summed E-state index contributed by atoms with van der Waals surface area (Å²) in [5, 5.41) is 18.7. The van der Waals surface area contributed by atoms with Crippen molar-refractivity contribution in [3.05, 3.63) is 0 Å². The molecule has 1 amide bonds. The fraction of sp³-hybridized carbons (Fsp3) is 0.923. The molecule has 5 nitrogen and oxygen atoms in total. The summed E-state index contributed by atoms with van der Waals surface area (Å²) in [6.07, 6.45) is 1.27. The first-order valence-electron chi connectivity index (χ1n) is 6.60. The minimum Gasteiger partial charge on any atom is -0.444 e. The minimum absolute atomic E-state index is 0.0237. The highest BCUT2D eigenvalue weighted by atomic mass is 16.6. The third kappa shape index (κ3) is 4.82. The maximum Gasteiger partial charge on any atom is 0.410 e. The SMILES string of the molecule is CC(C)(C)OC(=O)N1CCCC(C(O)CCO)C1. The lowest BCUT2D eigenvalue weighted by Crippen LogP contribution is -2.45. The molecular weight excluding hydrogens is 234 g/mol. The fourth-order valence-corrected chi connectivity index (χ4v) is 2.18. The van der Waals surface area contributed by atoms with Crippen LogP contribution in [0.3, 0.4) is 0 Å². The number of carbonyl (C=O) groups excluding carboxylic acids is 1. The van der Waals surface area contributed by atoms with Crippen LogP contribution in [0.15, 0.2) is 0 Å². The zero-order valence-electron chi connectivity index (χ0n) is 11.6. The van der Waals surface area contributed by atoms with E-state index in [2.05, 4.69) is 0 Å².